The number of esters is 1. The number of hydrogen-bond donors (Lipinski definition) is 3. The molecular formula is C24H27N5O8S. The predicted molar refractivity (Wildman–Crippen MR) is 137 cm³/mol. The molecule has 3 aromatic rings. The van der Waals surface area contributed by atoms with Crippen LogP contribution in [0.1, 0.15) is 44.6 Å². The van der Waals surface area contributed by atoms with E-state index >= 15 is 0 Å². The van der Waals surface area contributed by atoms with Gasteiger partial charge in [-0.3, -0.25) is 24.1 Å². The lowest BCUT2D eigenvalue weighted by atomic mass is 10.1. The molecule has 0 aliphatic heterocycles. The fourth-order valence-electron chi connectivity index (χ4n) is 3.53. The van der Waals surface area contributed by atoms with Crippen molar-refractivity contribution in [3.8, 4) is 11.5 Å². The van der Waals surface area contributed by atoms with Crippen LogP contribution in [-0.2, 0) is 14.3 Å². The van der Waals surface area contributed by atoms with Gasteiger partial charge in [0.15, 0.2) is 11.7 Å². The van der Waals surface area contributed by atoms with E-state index in [4.69, 9.17) is 30.1 Å². The lowest BCUT2D eigenvalue weighted by Crippen LogP contribution is -2.45. The second-order valence-corrected chi connectivity index (χ2v) is 8.50. The Kier molecular flexibility index (Phi) is 8.91. The monoisotopic (exact) mass is 545 g/mol. The van der Waals surface area contributed by atoms with E-state index in [2.05, 4.69) is 9.69 Å². The van der Waals surface area contributed by atoms with Crippen LogP contribution in [-0.4, -0.2) is 55.4 Å². The molecule has 0 radical (unpaired) electrons. The van der Waals surface area contributed by atoms with Crippen molar-refractivity contribution in [2.75, 3.05) is 38.0 Å². The zero-order valence-electron chi connectivity index (χ0n) is 21.1. The van der Waals surface area contributed by atoms with E-state index in [1.54, 1.807) is 26.0 Å². The molecule has 0 spiro atoms. The highest BCUT2D eigenvalue weighted by Crippen LogP contribution is 2.40. The zero-order valence-corrected chi connectivity index (χ0v) is 21.9. The highest BCUT2D eigenvalue weighted by atomic mass is 32.1. The third-order valence-electron chi connectivity index (χ3n) is 5.27. The van der Waals surface area contributed by atoms with E-state index < -0.39 is 36.3 Å². The Labute approximate surface area is 221 Å². The molecule has 2 aromatic heterocycles. The van der Waals surface area contributed by atoms with Gasteiger partial charge in [0, 0.05) is 6.07 Å². The molecule has 38 heavy (non-hydrogen) atoms. The van der Waals surface area contributed by atoms with Crippen molar-refractivity contribution in [3.05, 3.63) is 52.4 Å². The number of aromatic nitrogens is 1. The number of carbonyl (C=O) groups is 4. The minimum absolute atomic E-state index is 0.0771. The Morgan fingerprint density at radius 1 is 1.16 bits per heavy atom. The van der Waals surface area contributed by atoms with E-state index in [0.717, 1.165) is 4.90 Å². The van der Waals surface area contributed by atoms with E-state index in [1.165, 1.54) is 32.4 Å². The Balaban J connectivity index is 2.21. The van der Waals surface area contributed by atoms with Gasteiger partial charge in [-0.05, 0) is 49.6 Å². The van der Waals surface area contributed by atoms with Gasteiger partial charge in [-0.1, -0.05) is 0 Å². The zero-order chi connectivity index (χ0) is 28.0. The molecule has 2 heterocycles. The van der Waals surface area contributed by atoms with Gasteiger partial charge < -0.3 is 35.4 Å². The van der Waals surface area contributed by atoms with Crippen LogP contribution in [0.5, 0.6) is 11.5 Å². The number of furan rings is 1. The molecule has 1 atom stereocenters. The van der Waals surface area contributed by atoms with Crippen LogP contribution in [0, 0.1) is 6.92 Å². The lowest BCUT2D eigenvalue weighted by Gasteiger charge is -2.30. The number of nitrogens with zero attached hydrogens (tertiary/aromatic N) is 2. The smallest absolute Gasteiger partial charge is 0.325 e. The second kappa shape index (κ2) is 12.1. The number of ether oxygens (including phenoxy) is 3. The van der Waals surface area contributed by atoms with Crippen LogP contribution in [0.4, 0.5) is 11.4 Å². The molecule has 0 saturated carbocycles. The number of anilines is 2. The van der Waals surface area contributed by atoms with Crippen molar-refractivity contribution in [1.29, 1.82) is 0 Å². The first-order chi connectivity index (χ1) is 18.1. The van der Waals surface area contributed by atoms with Crippen molar-refractivity contribution in [1.82, 2.24) is 9.69 Å². The summed E-state index contributed by atoms with van der Waals surface area (Å²) in [7, 11) is 2.83. The normalized spacial score (nSPS) is 11.4. The molecule has 1 aromatic carbocycles. The molecule has 0 bridgehead atoms. The predicted octanol–water partition coefficient (Wildman–Crippen LogP) is 1.81. The van der Waals surface area contributed by atoms with E-state index in [1.807, 2.05) is 0 Å². The summed E-state index contributed by atoms with van der Waals surface area (Å²) in [5, 5.41) is 2.48. The number of amides is 3. The number of methoxy groups -OCH3 is 2. The third kappa shape index (κ3) is 5.86. The average molecular weight is 546 g/mol. The maximum atomic E-state index is 14.1. The highest BCUT2D eigenvalue weighted by molar-refractivity contribution is 7.09. The SMILES string of the molecule is CCOC(=O)CNC(=O)C(c1ccc(C)o1)N(C(=O)c1snc(C(N)=O)c1N)c1ccc(OC)cc1OC. The highest BCUT2D eigenvalue weighted by Gasteiger charge is 2.39. The summed E-state index contributed by atoms with van der Waals surface area (Å²) < 4.78 is 25.3. The third-order valence-corrected chi connectivity index (χ3v) is 6.12. The van der Waals surface area contributed by atoms with Crippen LogP contribution in [0.15, 0.2) is 34.7 Å². The van der Waals surface area contributed by atoms with Gasteiger partial charge >= 0.3 is 5.97 Å². The molecule has 0 aliphatic rings. The molecule has 3 rings (SSSR count). The summed E-state index contributed by atoms with van der Waals surface area (Å²) in [5.41, 5.74) is 11.0. The van der Waals surface area contributed by atoms with Crippen molar-refractivity contribution in [3.63, 3.8) is 0 Å². The maximum Gasteiger partial charge on any atom is 0.325 e. The molecule has 14 heteroatoms. The average Bonchev–Trinajstić information content (AvgIpc) is 3.50. The topological polar surface area (TPSA) is 189 Å². The Morgan fingerprint density at radius 2 is 1.89 bits per heavy atom. The number of aryl methyl sites for hydroxylation is 1. The van der Waals surface area contributed by atoms with Crippen LogP contribution in [0.3, 0.4) is 0 Å². The molecule has 5 N–H and O–H groups in total. The molecule has 0 fully saturated rings. The van der Waals surface area contributed by atoms with Crippen LogP contribution >= 0.6 is 11.5 Å². The van der Waals surface area contributed by atoms with Gasteiger partial charge in [0.1, 0.15) is 34.4 Å². The summed E-state index contributed by atoms with van der Waals surface area (Å²) in [6, 6.07) is 6.26. The molecule has 1 unspecified atom stereocenters. The van der Waals surface area contributed by atoms with Crippen LogP contribution < -0.4 is 31.2 Å². The lowest BCUT2D eigenvalue weighted by molar-refractivity contribution is -0.143. The minimum Gasteiger partial charge on any atom is -0.497 e. The Bertz CT molecular complexity index is 1350. The van der Waals surface area contributed by atoms with Gasteiger partial charge in [-0.15, -0.1) is 0 Å². The fraction of sp³-hybridized carbons (Fsp3) is 0.292. The molecule has 3 amide bonds. The first-order valence-corrected chi connectivity index (χ1v) is 12.0. The van der Waals surface area contributed by atoms with Gasteiger partial charge in [0.2, 0.25) is 0 Å². The number of rotatable bonds is 11. The Hall–Kier alpha value is -4.59. The molecular weight excluding hydrogens is 518 g/mol. The van der Waals surface area contributed by atoms with Crippen molar-refractivity contribution < 1.29 is 37.8 Å². The first kappa shape index (κ1) is 28.0. The second-order valence-electron chi connectivity index (χ2n) is 7.72. The molecule has 0 aliphatic carbocycles. The number of benzene rings is 1. The molecule has 0 saturated heterocycles. The van der Waals surface area contributed by atoms with Gasteiger partial charge in [-0.25, -0.2) is 0 Å². The van der Waals surface area contributed by atoms with Crippen molar-refractivity contribution >= 4 is 46.6 Å². The number of nitrogens with two attached hydrogens (primary N) is 2. The number of primary amides is 1. The van der Waals surface area contributed by atoms with E-state index in [9.17, 15) is 19.2 Å². The van der Waals surface area contributed by atoms with Crippen molar-refractivity contribution in [2.24, 2.45) is 5.73 Å². The number of nitrogen functional groups attached to an aromatic ring is 1. The summed E-state index contributed by atoms with van der Waals surface area (Å²) in [6.07, 6.45) is 0. The fourth-order valence-corrected chi connectivity index (χ4v) is 4.27. The van der Waals surface area contributed by atoms with Crippen molar-refractivity contribution in [2.45, 2.75) is 19.9 Å². The molecule has 13 nitrogen and oxygen atoms in total. The number of hydrogen-bond acceptors (Lipinski definition) is 11. The maximum absolute atomic E-state index is 14.1. The standard InChI is InChI=1S/C24H27N5O8S/c1-5-36-17(30)11-27-23(32)20(15-9-6-12(2)37-15)29(14-8-7-13(34-3)10-16(14)35-4)24(33)21-18(25)19(22(26)31)28-38-21/h6-10,20H,5,11,25H2,1-4H3,(H2,26,31)(H,27,32). The van der Waals surface area contributed by atoms with E-state index in [-0.39, 0.29) is 40.1 Å². The van der Waals surface area contributed by atoms with Gasteiger partial charge in [-0.2, -0.15) is 4.37 Å². The van der Waals surface area contributed by atoms with E-state index in [0.29, 0.717) is 23.0 Å². The van der Waals surface area contributed by atoms with Gasteiger partial charge in [0.25, 0.3) is 17.7 Å². The van der Waals surface area contributed by atoms with Crippen LogP contribution in [0.25, 0.3) is 0 Å². The summed E-state index contributed by atoms with van der Waals surface area (Å²) in [5.74, 6) is -2.03. The van der Waals surface area contributed by atoms with Crippen LogP contribution in [0.2, 0.25) is 0 Å². The quantitative estimate of drug-likeness (QED) is 0.300. The first-order valence-electron chi connectivity index (χ1n) is 11.2. The minimum atomic E-state index is -1.45. The summed E-state index contributed by atoms with van der Waals surface area (Å²) >= 11 is 0.642. The molecule has 202 valence electrons. The number of nitrogens with one attached hydrogen (secondary N) is 1. The largest absolute Gasteiger partial charge is 0.497 e. The summed E-state index contributed by atoms with van der Waals surface area (Å²) in [4.78, 5) is 52.2. The number of carbonyl (C=O) groups excluding carboxylic acids is 4. The Morgan fingerprint density at radius 3 is 2.45 bits per heavy atom. The van der Waals surface area contributed by atoms with Gasteiger partial charge in [0.05, 0.1) is 32.2 Å². The summed E-state index contributed by atoms with van der Waals surface area (Å²) in [6.45, 7) is 2.96.